The number of hydrogen-bond donors (Lipinski definition) is 2. The topological polar surface area (TPSA) is 216 Å². The summed E-state index contributed by atoms with van der Waals surface area (Å²) in [6, 6.07) is 29.5. The monoisotopic (exact) mass is 1050 g/mol. The van der Waals surface area contributed by atoms with E-state index in [0.29, 0.717) is 93.4 Å². The molecule has 2 saturated heterocycles. The first kappa shape index (κ1) is 50.6. The van der Waals surface area contributed by atoms with Gasteiger partial charge >= 0.3 is 0 Å². The molecule has 5 heterocycles. The minimum Gasteiger partial charge on any atom is -0.339 e. The zero-order valence-electron chi connectivity index (χ0n) is 39.1. The Kier molecular flexibility index (Phi) is 14.9. The van der Waals surface area contributed by atoms with E-state index in [1.807, 2.05) is 48.5 Å². The number of aromatic nitrogens is 4. The predicted octanol–water partition coefficient (Wildman–Crippen LogP) is 9.43. The van der Waals surface area contributed by atoms with Crippen LogP contribution in [0.25, 0.3) is 4.96 Å². The third-order valence-electron chi connectivity index (χ3n) is 12.8. The first-order valence-electron chi connectivity index (χ1n) is 22.5. The molecular weight excluding hydrogens is 1000 g/mol. The van der Waals surface area contributed by atoms with E-state index >= 15 is 0 Å². The Morgan fingerprint density at radius 2 is 1.14 bits per heavy atom. The number of anilines is 2. The molecule has 0 unspecified atom stereocenters. The molecule has 2 fully saturated rings. The van der Waals surface area contributed by atoms with Gasteiger partial charge in [-0.2, -0.15) is 24.0 Å². The van der Waals surface area contributed by atoms with Crippen molar-refractivity contribution in [2.75, 3.05) is 35.6 Å². The normalized spacial score (nSPS) is 14.6. The van der Waals surface area contributed by atoms with Crippen LogP contribution in [0.2, 0.25) is 10.3 Å². The van der Waals surface area contributed by atoms with Crippen LogP contribution in [0.4, 0.5) is 11.4 Å². The van der Waals surface area contributed by atoms with Gasteiger partial charge < -0.3 is 9.80 Å². The molecule has 0 radical (unpaired) electrons. The number of imidazole rings is 1. The van der Waals surface area contributed by atoms with Crippen LogP contribution in [0.1, 0.15) is 97.3 Å². The molecule has 3 aromatic heterocycles. The molecule has 2 amide bonds. The van der Waals surface area contributed by atoms with Crippen LogP contribution in [0, 0.1) is 43.4 Å². The number of likely N-dealkylation sites (tertiary alicyclic amines) is 2. The number of thiazole rings is 1. The molecule has 0 atom stereocenters. The minimum atomic E-state index is -4.05. The third-order valence-corrected chi connectivity index (χ3v) is 17.4. The van der Waals surface area contributed by atoms with Crippen LogP contribution >= 0.6 is 34.5 Å². The fourth-order valence-electron chi connectivity index (χ4n) is 8.87. The van der Waals surface area contributed by atoms with Crippen molar-refractivity contribution in [3.05, 3.63) is 157 Å². The third kappa shape index (κ3) is 10.9. The van der Waals surface area contributed by atoms with Crippen LogP contribution in [0.5, 0.6) is 0 Å². The van der Waals surface area contributed by atoms with Crippen molar-refractivity contribution in [3.63, 3.8) is 0 Å². The summed E-state index contributed by atoms with van der Waals surface area (Å²) >= 11 is 13.6. The average molecular weight is 1050 g/mol. The molecule has 4 aromatic carbocycles. The van der Waals surface area contributed by atoms with Gasteiger partial charge in [0, 0.05) is 55.9 Å². The van der Waals surface area contributed by atoms with Crippen molar-refractivity contribution in [2.45, 2.75) is 68.2 Å². The van der Waals surface area contributed by atoms with Gasteiger partial charge in [-0.3, -0.25) is 28.1 Å². The number of sulfonamides is 2. The quantitative estimate of drug-likeness (QED) is 0.132. The van der Waals surface area contributed by atoms with Crippen LogP contribution in [-0.4, -0.2) is 83.8 Å². The Bertz CT molecular complexity index is 3470. The zero-order chi connectivity index (χ0) is 50.8. The maximum absolute atomic E-state index is 13.3. The van der Waals surface area contributed by atoms with E-state index in [0.717, 1.165) is 25.7 Å². The lowest BCUT2D eigenvalue weighted by Crippen LogP contribution is -2.38. The van der Waals surface area contributed by atoms with Gasteiger partial charge in [-0.05, 0) is 129 Å². The van der Waals surface area contributed by atoms with Crippen molar-refractivity contribution < 1.29 is 26.4 Å². The molecule has 0 spiro atoms. The summed E-state index contributed by atoms with van der Waals surface area (Å²) in [5.41, 5.74) is 6.73. The molecule has 0 saturated carbocycles. The number of halogens is 2. The number of carbonyl (C=O) groups is 2. The molecule has 16 nitrogen and oxygen atoms in total. The van der Waals surface area contributed by atoms with E-state index in [1.165, 1.54) is 31.5 Å². The lowest BCUT2D eigenvalue weighted by atomic mass is 9.89. The van der Waals surface area contributed by atoms with E-state index in [-0.39, 0.29) is 32.0 Å². The van der Waals surface area contributed by atoms with Gasteiger partial charge in [-0.25, -0.2) is 13.4 Å². The number of carbonyl (C=O) groups excluding carboxylic acids is 2. The fraction of sp³-hybridized carbons (Fsp3) is 0.280. The van der Waals surface area contributed by atoms with Crippen LogP contribution in [-0.2, 0) is 27.1 Å². The molecule has 7 aromatic rings. The average Bonchev–Trinajstić information content (AvgIpc) is 4.03. The van der Waals surface area contributed by atoms with Crippen molar-refractivity contribution in [3.8, 4) is 12.1 Å². The molecule has 21 heteroatoms. The van der Waals surface area contributed by atoms with Gasteiger partial charge in [-0.15, -0.1) is 11.3 Å². The van der Waals surface area contributed by atoms with Crippen LogP contribution < -0.4 is 9.44 Å². The molecule has 0 bridgehead atoms. The highest BCUT2D eigenvalue weighted by atomic mass is 35.5. The Balaban J connectivity index is 0.000000191. The molecular formula is C50H48Cl2N10O6S3. The number of piperidine rings is 2. The lowest BCUT2D eigenvalue weighted by Gasteiger charge is -2.32. The number of hydrogen-bond acceptors (Lipinski definition) is 11. The van der Waals surface area contributed by atoms with Gasteiger partial charge in [0.15, 0.2) is 15.1 Å². The van der Waals surface area contributed by atoms with Crippen molar-refractivity contribution >= 4 is 82.7 Å². The number of fused-ring (bicyclic) bond motifs is 1. The standard InChI is InChI=1S/C25H22ClN5O3S2.C25H26ClN5O3S/c1-16-2-5-20(14-21(16)29-36(33,34)24-22(26)28-25-31(24)12-13-35-25)23(32)30-10-8-19(9-11-30)18-6-3-17(15-27)4-7-18;1-16-4-7-21(14-22(16)29-35(33,34)23-17(2)28-30(3)24(23)26)25(32)31-12-10-20(11-13-31)19-8-5-18(15-27)6-9-19/h2-7,12-14,19,29H,8-11H2,1H3;4-9,14,20,29H,10-13H2,1-3H3. The highest BCUT2D eigenvalue weighted by Gasteiger charge is 2.30. The second-order valence-electron chi connectivity index (χ2n) is 17.5. The summed E-state index contributed by atoms with van der Waals surface area (Å²) in [6.45, 7) is 7.51. The highest BCUT2D eigenvalue weighted by Crippen LogP contribution is 2.34. The summed E-state index contributed by atoms with van der Waals surface area (Å²) in [4.78, 5) is 34.6. The Hall–Kier alpha value is -6.74. The number of nitrogens with zero attached hydrogens (tertiary/aromatic N) is 8. The van der Waals surface area contributed by atoms with E-state index in [9.17, 15) is 26.4 Å². The Labute approximate surface area is 426 Å². The number of amides is 2. The molecule has 2 aliphatic rings. The van der Waals surface area contributed by atoms with Gasteiger partial charge in [-0.1, -0.05) is 59.6 Å². The summed E-state index contributed by atoms with van der Waals surface area (Å²) in [5.74, 6) is 0.381. The Morgan fingerprint density at radius 1 is 0.690 bits per heavy atom. The largest absolute Gasteiger partial charge is 0.339 e. The van der Waals surface area contributed by atoms with E-state index < -0.39 is 20.0 Å². The molecule has 2 aliphatic heterocycles. The smallest absolute Gasteiger partial charge is 0.281 e. The van der Waals surface area contributed by atoms with Crippen molar-refractivity contribution in [2.24, 2.45) is 7.05 Å². The summed E-state index contributed by atoms with van der Waals surface area (Å²) in [7, 11) is -6.47. The first-order valence-corrected chi connectivity index (χ1v) is 27.1. The second-order valence-corrected chi connectivity index (χ2v) is 22.3. The zero-order valence-corrected chi connectivity index (χ0v) is 43.0. The molecule has 71 heavy (non-hydrogen) atoms. The highest BCUT2D eigenvalue weighted by molar-refractivity contribution is 7.93. The maximum Gasteiger partial charge on any atom is 0.281 e. The first-order chi connectivity index (χ1) is 33.9. The van der Waals surface area contributed by atoms with Gasteiger partial charge in [0.1, 0.15) is 10.0 Å². The summed E-state index contributed by atoms with van der Waals surface area (Å²) in [6.07, 6.45) is 4.88. The van der Waals surface area contributed by atoms with Gasteiger partial charge in [0.25, 0.3) is 31.9 Å². The molecule has 2 N–H and O–H groups in total. The molecule has 0 aliphatic carbocycles. The van der Waals surface area contributed by atoms with Crippen LogP contribution in [0.3, 0.4) is 0 Å². The number of nitriles is 2. The number of nitrogens with one attached hydrogen (secondary N) is 2. The summed E-state index contributed by atoms with van der Waals surface area (Å²) in [5, 5.41) is 23.6. The van der Waals surface area contributed by atoms with Crippen molar-refractivity contribution in [1.29, 1.82) is 10.5 Å². The SMILES string of the molecule is Cc1ccc(C(=O)N2CCC(c3ccc(C#N)cc3)CC2)cc1NS(=O)(=O)c1c(C)nn(C)c1Cl.Cc1ccc(C(=O)N2CCC(c3ccc(C#N)cc3)CC2)cc1NS(=O)(=O)c1c(Cl)nc2sccn12. The van der Waals surface area contributed by atoms with Gasteiger partial charge in [0.2, 0.25) is 0 Å². The summed E-state index contributed by atoms with van der Waals surface area (Å²) < 4.78 is 60.3. The van der Waals surface area contributed by atoms with Crippen LogP contribution in [0.15, 0.2) is 106 Å². The lowest BCUT2D eigenvalue weighted by molar-refractivity contribution is 0.0705. The Morgan fingerprint density at radius 3 is 1.56 bits per heavy atom. The molecule has 9 rings (SSSR count). The van der Waals surface area contributed by atoms with E-state index in [2.05, 4.69) is 31.7 Å². The number of aryl methyl sites for hydroxylation is 4. The predicted molar refractivity (Wildman–Crippen MR) is 273 cm³/mol. The minimum absolute atomic E-state index is 0.0185. The maximum atomic E-state index is 13.3. The van der Waals surface area contributed by atoms with E-state index in [1.54, 1.807) is 85.6 Å². The number of benzene rings is 4. The van der Waals surface area contributed by atoms with Gasteiger partial charge in [0.05, 0.1) is 40.3 Å². The molecule has 366 valence electrons. The second kappa shape index (κ2) is 20.9. The van der Waals surface area contributed by atoms with Crippen molar-refractivity contribution in [1.82, 2.24) is 29.0 Å². The number of rotatable bonds is 10. The fourth-order valence-corrected chi connectivity index (χ4v) is 13.3. The van der Waals surface area contributed by atoms with E-state index in [4.69, 9.17) is 33.7 Å².